The number of esters is 1. The Labute approximate surface area is 172 Å². The van der Waals surface area contributed by atoms with Gasteiger partial charge in [-0.1, -0.05) is 5.16 Å². The van der Waals surface area contributed by atoms with Crippen LogP contribution in [0.3, 0.4) is 0 Å². The van der Waals surface area contributed by atoms with Gasteiger partial charge >= 0.3 is 12.0 Å². The second kappa shape index (κ2) is 9.29. The Kier molecular flexibility index (Phi) is 6.55. The molecule has 0 aliphatic heterocycles. The van der Waals surface area contributed by atoms with Crippen molar-refractivity contribution in [1.82, 2.24) is 15.8 Å². The Morgan fingerprint density at radius 2 is 1.97 bits per heavy atom. The second-order valence-corrected chi connectivity index (χ2v) is 6.83. The minimum atomic E-state index is -0.733. The molecule has 1 aliphatic rings. The Hall–Kier alpha value is -3.56. The summed E-state index contributed by atoms with van der Waals surface area (Å²) in [4.78, 5) is 35.4. The number of carbonyl (C=O) groups excluding carboxylic acids is 3. The van der Waals surface area contributed by atoms with Crippen molar-refractivity contribution in [3.05, 3.63) is 40.8 Å². The standard InChI is InChI=1S/C20H23N3O7/c1-11-15(12(2)30-23-11)9-28-16-7-4-13(8-17(16)27-3)19(25)29-10-18(24)22-20(26)21-14-5-6-14/h4,7-8,14H,5-6,9-10H2,1-3H3,(H2,21,22,24,26). The molecule has 2 N–H and O–H groups in total. The van der Waals surface area contributed by atoms with E-state index in [-0.39, 0.29) is 18.2 Å². The summed E-state index contributed by atoms with van der Waals surface area (Å²) < 4.78 is 21.1. The summed E-state index contributed by atoms with van der Waals surface area (Å²) in [5.41, 5.74) is 1.74. The lowest BCUT2D eigenvalue weighted by atomic mass is 10.2. The van der Waals surface area contributed by atoms with Crippen molar-refractivity contribution in [1.29, 1.82) is 0 Å². The minimum absolute atomic E-state index is 0.117. The molecule has 0 unspecified atom stereocenters. The van der Waals surface area contributed by atoms with Crippen LogP contribution in [0.5, 0.6) is 11.5 Å². The molecule has 160 valence electrons. The summed E-state index contributed by atoms with van der Waals surface area (Å²) in [5, 5.41) is 8.58. The van der Waals surface area contributed by atoms with Gasteiger partial charge in [0.05, 0.1) is 23.9 Å². The number of methoxy groups -OCH3 is 1. The largest absolute Gasteiger partial charge is 0.493 e. The van der Waals surface area contributed by atoms with Gasteiger partial charge in [-0.25, -0.2) is 9.59 Å². The average molecular weight is 417 g/mol. The van der Waals surface area contributed by atoms with Crippen molar-refractivity contribution in [3.8, 4) is 11.5 Å². The molecule has 1 heterocycles. The third-order valence-electron chi connectivity index (χ3n) is 4.45. The fourth-order valence-corrected chi connectivity index (χ4v) is 2.60. The van der Waals surface area contributed by atoms with E-state index in [9.17, 15) is 14.4 Å². The van der Waals surface area contributed by atoms with E-state index in [4.69, 9.17) is 18.7 Å². The van der Waals surface area contributed by atoms with Gasteiger partial charge in [0.15, 0.2) is 18.1 Å². The van der Waals surface area contributed by atoms with E-state index in [1.54, 1.807) is 13.0 Å². The number of ether oxygens (including phenoxy) is 3. The monoisotopic (exact) mass is 417 g/mol. The zero-order chi connectivity index (χ0) is 21.7. The lowest BCUT2D eigenvalue weighted by Crippen LogP contribution is -2.42. The number of imide groups is 1. The number of carbonyl (C=O) groups is 3. The van der Waals surface area contributed by atoms with E-state index >= 15 is 0 Å². The third-order valence-corrected chi connectivity index (χ3v) is 4.45. The molecule has 0 atom stereocenters. The van der Waals surface area contributed by atoms with Gasteiger partial charge in [0, 0.05) is 6.04 Å². The highest BCUT2D eigenvalue weighted by Gasteiger charge is 2.24. The Morgan fingerprint density at radius 3 is 2.60 bits per heavy atom. The molecule has 1 aromatic carbocycles. The summed E-state index contributed by atoms with van der Waals surface area (Å²) in [6, 6.07) is 4.02. The molecule has 0 radical (unpaired) electrons. The van der Waals surface area contributed by atoms with Crippen molar-refractivity contribution < 1.29 is 33.1 Å². The predicted octanol–water partition coefficient (Wildman–Crippen LogP) is 2.02. The Bertz CT molecular complexity index is 930. The fraction of sp³-hybridized carbons (Fsp3) is 0.400. The maximum atomic E-state index is 12.2. The van der Waals surface area contributed by atoms with Crippen LogP contribution in [-0.4, -0.2) is 42.8 Å². The molecule has 10 heteroatoms. The van der Waals surface area contributed by atoms with Gasteiger partial charge < -0.3 is 24.1 Å². The number of nitrogens with one attached hydrogen (secondary N) is 2. The van der Waals surface area contributed by atoms with Crippen LogP contribution in [0.4, 0.5) is 4.79 Å². The summed E-state index contributed by atoms with van der Waals surface area (Å²) in [7, 11) is 1.44. The van der Waals surface area contributed by atoms with E-state index in [2.05, 4.69) is 15.8 Å². The van der Waals surface area contributed by atoms with Gasteiger partial charge in [-0.3, -0.25) is 10.1 Å². The number of hydrogen-bond donors (Lipinski definition) is 2. The highest BCUT2D eigenvalue weighted by Crippen LogP contribution is 2.29. The van der Waals surface area contributed by atoms with E-state index in [1.165, 1.54) is 19.2 Å². The van der Waals surface area contributed by atoms with Crippen molar-refractivity contribution >= 4 is 17.9 Å². The number of urea groups is 1. The summed E-state index contributed by atoms with van der Waals surface area (Å²) in [6.07, 6.45) is 1.80. The van der Waals surface area contributed by atoms with Gasteiger partial charge in [0.2, 0.25) is 0 Å². The third kappa shape index (κ3) is 5.49. The first-order chi connectivity index (χ1) is 14.4. The molecule has 0 bridgehead atoms. The summed E-state index contributed by atoms with van der Waals surface area (Å²) in [6.45, 7) is 3.26. The van der Waals surface area contributed by atoms with Crippen molar-refractivity contribution in [3.63, 3.8) is 0 Å². The topological polar surface area (TPSA) is 129 Å². The minimum Gasteiger partial charge on any atom is -0.493 e. The molecule has 30 heavy (non-hydrogen) atoms. The first-order valence-corrected chi connectivity index (χ1v) is 9.37. The van der Waals surface area contributed by atoms with Gasteiger partial charge in [-0.05, 0) is 44.9 Å². The highest BCUT2D eigenvalue weighted by molar-refractivity contribution is 5.97. The maximum absolute atomic E-state index is 12.2. The molecule has 3 amide bonds. The molecule has 10 nitrogen and oxygen atoms in total. The van der Waals surface area contributed by atoms with Crippen LogP contribution in [0.25, 0.3) is 0 Å². The fourth-order valence-electron chi connectivity index (χ4n) is 2.60. The van der Waals surface area contributed by atoms with Crippen molar-refractivity contribution in [2.45, 2.75) is 39.3 Å². The summed E-state index contributed by atoms with van der Waals surface area (Å²) in [5.74, 6) is -0.0417. The molecule has 2 aromatic rings. The van der Waals surface area contributed by atoms with E-state index in [1.807, 2.05) is 6.92 Å². The molecule has 1 saturated carbocycles. The first kappa shape index (κ1) is 21.2. The van der Waals surface area contributed by atoms with Crippen molar-refractivity contribution in [2.24, 2.45) is 0 Å². The highest BCUT2D eigenvalue weighted by atomic mass is 16.5. The number of aromatic nitrogens is 1. The molecule has 1 aliphatic carbocycles. The number of benzene rings is 1. The smallest absolute Gasteiger partial charge is 0.338 e. The molecule has 0 saturated heterocycles. The molecule has 3 rings (SSSR count). The molecule has 1 aromatic heterocycles. The molecular weight excluding hydrogens is 394 g/mol. The number of hydrogen-bond acceptors (Lipinski definition) is 8. The van der Waals surface area contributed by atoms with Crippen LogP contribution < -0.4 is 20.1 Å². The lowest BCUT2D eigenvalue weighted by Gasteiger charge is -2.12. The Morgan fingerprint density at radius 1 is 1.20 bits per heavy atom. The van der Waals surface area contributed by atoms with Crippen LogP contribution in [-0.2, 0) is 16.1 Å². The SMILES string of the molecule is COc1cc(C(=O)OCC(=O)NC(=O)NC2CC2)ccc1OCc1c(C)noc1C. The first-order valence-electron chi connectivity index (χ1n) is 9.37. The van der Waals surface area contributed by atoms with Crippen LogP contribution in [0.1, 0.15) is 40.2 Å². The quantitative estimate of drug-likeness (QED) is 0.624. The zero-order valence-corrected chi connectivity index (χ0v) is 16.9. The van der Waals surface area contributed by atoms with Crippen LogP contribution >= 0.6 is 0 Å². The van der Waals surface area contributed by atoms with Gasteiger partial charge in [-0.2, -0.15) is 0 Å². The number of nitrogens with zero attached hydrogens (tertiary/aromatic N) is 1. The molecule has 0 spiro atoms. The molecular formula is C20H23N3O7. The number of amides is 3. The average Bonchev–Trinajstić information content (AvgIpc) is 3.48. The number of aryl methyl sites for hydroxylation is 2. The van der Waals surface area contributed by atoms with Crippen LogP contribution in [0.15, 0.2) is 22.7 Å². The van der Waals surface area contributed by atoms with Crippen LogP contribution in [0.2, 0.25) is 0 Å². The van der Waals surface area contributed by atoms with E-state index in [0.717, 1.165) is 24.1 Å². The van der Waals surface area contributed by atoms with E-state index < -0.39 is 24.5 Å². The normalized spacial score (nSPS) is 12.8. The predicted molar refractivity (Wildman–Crippen MR) is 103 cm³/mol. The Balaban J connectivity index is 1.54. The van der Waals surface area contributed by atoms with E-state index in [0.29, 0.717) is 17.3 Å². The zero-order valence-electron chi connectivity index (χ0n) is 16.9. The lowest BCUT2D eigenvalue weighted by molar-refractivity contribution is -0.123. The second-order valence-electron chi connectivity index (χ2n) is 6.83. The maximum Gasteiger partial charge on any atom is 0.338 e. The van der Waals surface area contributed by atoms with Crippen molar-refractivity contribution in [2.75, 3.05) is 13.7 Å². The van der Waals surface area contributed by atoms with Gasteiger partial charge in [0.25, 0.3) is 5.91 Å². The van der Waals surface area contributed by atoms with Crippen LogP contribution in [0, 0.1) is 13.8 Å². The molecule has 1 fully saturated rings. The summed E-state index contributed by atoms with van der Waals surface area (Å²) >= 11 is 0. The number of rotatable bonds is 8. The van der Waals surface area contributed by atoms with Gasteiger partial charge in [-0.15, -0.1) is 0 Å². The van der Waals surface area contributed by atoms with Gasteiger partial charge in [0.1, 0.15) is 12.4 Å².